The molecule has 2 N–H and O–H groups in total. The van der Waals surface area contributed by atoms with Gasteiger partial charge in [-0.1, -0.05) is 24.6 Å². The summed E-state index contributed by atoms with van der Waals surface area (Å²) in [7, 11) is 0. The number of hydrogen-bond acceptors (Lipinski definition) is 3. The standard InChI is InChI=1S/C25H35N3O3/c1-3-8-28(24(31)25-12-18-9-19(13-25)11-20(10-18)14-25)16-23(30)26-15-22(29)27-21-6-4-17(2)5-7-21/h4-7,18-20H,3,8-16H2,1-2H3,(H,26,30)(H,27,29). The molecule has 0 radical (unpaired) electrons. The first-order chi connectivity index (χ1) is 14.9. The van der Waals surface area contributed by atoms with Gasteiger partial charge in [-0.05, 0) is 81.8 Å². The average Bonchev–Trinajstić information content (AvgIpc) is 2.72. The van der Waals surface area contributed by atoms with Gasteiger partial charge in [-0.15, -0.1) is 0 Å². The summed E-state index contributed by atoms with van der Waals surface area (Å²) in [6.45, 7) is 4.54. The van der Waals surface area contributed by atoms with E-state index in [1.54, 1.807) is 4.90 Å². The van der Waals surface area contributed by atoms with Gasteiger partial charge in [-0.25, -0.2) is 0 Å². The summed E-state index contributed by atoms with van der Waals surface area (Å²) in [6.07, 6.45) is 7.68. The summed E-state index contributed by atoms with van der Waals surface area (Å²) in [6, 6.07) is 7.52. The number of rotatable bonds is 8. The Bertz CT molecular complexity index is 798. The molecule has 1 aromatic carbocycles. The molecule has 4 saturated carbocycles. The predicted octanol–water partition coefficient (Wildman–Crippen LogP) is 3.50. The van der Waals surface area contributed by atoms with Gasteiger partial charge in [-0.3, -0.25) is 14.4 Å². The number of carbonyl (C=O) groups excluding carboxylic acids is 3. The fourth-order valence-corrected chi connectivity index (χ4v) is 6.48. The molecule has 0 aromatic heterocycles. The van der Waals surface area contributed by atoms with Crippen LogP contribution in [0.25, 0.3) is 0 Å². The Morgan fingerprint density at radius 3 is 2.10 bits per heavy atom. The first-order valence-corrected chi connectivity index (χ1v) is 11.8. The normalized spacial score (nSPS) is 28.3. The minimum absolute atomic E-state index is 0.0340. The summed E-state index contributed by atoms with van der Waals surface area (Å²) in [5.74, 6) is 1.71. The van der Waals surface area contributed by atoms with Gasteiger partial charge >= 0.3 is 0 Å². The minimum Gasteiger partial charge on any atom is -0.345 e. The number of benzene rings is 1. The van der Waals surface area contributed by atoms with Crippen LogP contribution in [0.2, 0.25) is 0 Å². The lowest BCUT2D eigenvalue weighted by Crippen LogP contribution is -2.56. The number of hydrogen-bond donors (Lipinski definition) is 2. The van der Waals surface area contributed by atoms with E-state index < -0.39 is 0 Å². The molecule has 0 spiro atoms. The van der Waals surface area contributed by atoms with E-state index >= 15 is 0 Å². The minimum atomic E-state index is -0.273. The molecule has 0 aliphatic heterocycles. The van der Waals surface area contributed by atoms with Crippen LogP contribution in [0, 0.1) is 30.1 Å². The predicted molar refractivity (Wildman–Crippen MR) is 120 cm³/mol. The number of carbonyl (C=O) groups is 3. The third-order valence-corrected chi connectivity index (χ3v) is 7.39. The van der Waals surface area contributed by atoms with E-state index in [2.05, 4.69) is 10.6 Å². The summed E-state index contributed by atoms with van der Waals surface area (Å²) in [4.78, 5) is 40.1. The van der Waals surface area contributed by atoms with Crippen LogP contribution in [0.4, 0.5) is 5.69 Å². The molecule has 31 heavy (non-hydrogen) atoms. The third-order valence-electron chi connectivity index (χ3n) is 7.39. The largest absolute Gasteiger partial charge is 0.345 e. The smallest absolute Gasteiger partial charge is 0.243 e. The van der Waals surface area contributed by atoms with Crippen LogP contribution in [0.3, 0.4) is 0 Å². The summed E-state index contributed by atoms with van der Waals surface area (Å²) in [5.41, 5.74) is 1.58. The maximum Gasteiger partial charge on any atom is 0.243 e. The number of anilines is 1. The van der Waals surface area contributed by atoms with E-state index in [4.69, 9.17) is 0 Å². The monoisotopic (exact) mass is 425 g/mol. The van der Waals surface area contributed by atoms with Crippen molar-refractivity contribution in [3.05, 3.63) is 29.8 Å². The molecule has 1 aromatic rings. The molecule has 6 nitrogen and oxygen atoms in total. The van der Waals surface area contributed by atoms with Crippen molar-refractivity contribution in [1.29, 1.82) is 0 Å². The molecule has 4 bridgehead atoms. The van der Waals surface area contributed by atoms with Gasteiger partial charge in [0.1, 0.15) is 0 Å². The van der Waals surface area contributed by atoms with Crippen LogP contribution in [0.5, 0.6) is 0 Å². The highest BCUT2D eigenvalue weighted by molar-refractivity contribution is 5.95. The van der Waals surface area contributed by atoms with Gasteiger partial charge in [0.2, 0.25) is 17.7 Å². The van der Waals surface area contributed by atoms with Crippen molar-refractivity contribution in [2.75, 3.05) is 25.0 Å². The lowest BCUT2D eigenvalue weighted by Gasteiger charge is -2.56. The molecule has 0 atom stereocenters. The van der Waals surface area contributed by atoms with Crippen molar-refractivity contribution in [2.45, 2.75) is 58.8 Å². The maximum atomic E-state index is 13.6. The Morgan fingerprint density at radius 1 is 0.968 bits per heavy atom. The Labute approximate surface area is 185 Å². The van der Waals surface area contributed by atoms with Gasteiger partial charge in [-0.2, -0.15) is 0 Å². The lowest BCUT2D eigenvalue weighted by molar-refractivity contribution is -0.159. The quantitative estimate of drug-likeness (QED) is 0.669. The molecular weight excluding hydrogens is 390 g/mol. The highest BCUT2D eigenvalue weighted by Crippen LogP contribution is 2.60. The molecule has 4 aliphatic rings. The van der Waals surface area contributed by atoms with E-state index in [1.165, 1.54) is 19.3 Å². The molecule has 4 fully saturated rings. The first kappa shape index (κ1) is 21.8. The van der Waals surface area contributed by atoms with E-state index in [1.807, 2.05) is 38.1 Å². The van der Waals surface area contributed by atoms with Crippen LogP contribution >= 0.6 is 0 Å². The maximum absolute atomic E-state index is 13.6. The van der Waals surface area contributed by atoms with Crippen molar-refractivity contribution in [3.8, 4) is 0 Å². The van der Waals surface area contributed by atoms with Gasteiger partial charge in [0.15, 0.2) is 0 Å². The Morgan fingerprint density at radius 2 is 1.55 bits per heavy atom. The summed E-state index contributed by atoms with van der Waals surface area (Å²) in [5, 5.41) is 5.47. The van der Waals surface area contributed by atoms with Crippen LogP contribution in [-0.4, -0.2) is 42.3 Å². The zero-order chi connectivity index (χ0) is 22.0. The Hall–Kier alpha value is -2.37. The molecule has 6 heteroatoms. The van der Waals surface area contributed by atoms with Crippen LogP contribution < -0.4 is 10.6 Å². The Kier molecular flexibility index (Phi) is 6.35. The second kappa shape index (κ2) is 9.01. The summed E-state index contributed by atoms with van der Waals surface area (Å²) < 4.78 is 0. The molecule has 0 heterocycles. The second-order valence-electron chi connectivity index (χ2n) is 10.1. The van der Waals surface area contributed by atoms with E-state index in [9.17, 15) is 14.4 Å². The summed E-state index contributed by atoms with van der Waals surface area (Å²) >= 11 is 0. The highest BCUT2D eigenvalue weighted by atomic mass is 16.2. The number of nitrogens with one attached hydrogen (secondary N) is 2. The molecule has 0 unspecified atom stereocenters. The van der Waals surface area contributed by atoms with Gasteiger partial charge in [0, 0.05) is 12.2 Å². The topological polar surface area (TPSA) is 78.5 Å². The molecule has 3 amide bonds. The van der Waals surface area contributed by atoms with Gasteiger partial charge in [0.05, 0.1) is 18.5 Å². The molecule has 5 rings (SSSR count). The van der Waals surface area contributed by atoms with Crippen molar-refractivity contribution in [1.82, 2.24) is 10.2 Å². The molecular formula is C25H35N3O3. The highest BCUT2D eigenvalue weighted by Gasteiger charge is 2.55. The van der Waals surface area contributed by atoms with E-state index in [0.717, 1.165) is 31.2 Å². The van der Waals surface area contributed by atoms with Gasteiger partial charge < -0.3 is 15.5 Å². The number of aryl methyl sites for hydroxylation is 1. The first-order valence-electron chi connectivity index (χ1n) is 11.8. The van der Waals surface area contributed by atoms with Crippen molar-refractivity contribution in [3.63, 3.8) is 0 Å². The fourth-order valence-electron chi connectivity index (χ4n) is 6.48. The SMILES string of the molecule is CCCN(CC(=O)NCC(=O)Nc1ccc(C)cc1)C(=O)C12CC3CC(CC(C3)C1)C2. The van der Waals surface area contributed by atoms with Crippen molar-refractivity contribution >= 4 is 23.4 Å². The molecule has 168 valence electrons. The van der Waals surface area contributed by atoms with Crippen LogP contribution in [0.1, 0.15) is 57.4 Å². The van der Waals surface area contributed by atoms with E-state index in [0.29, 0.717) is 30.0 Å². The number of amides is 3. The lowest BCUT2D eigenvalue weighted by atomic mass is 9.49. The average molecular weight is 426 g/mol. The van der Waals surface area contributed by atoms with Crippen molar-refractivity contribution in [2.24, 2.45) is 23.2 Å². The number of nitrogens with zero attached hydrogens (tertiary/aromatic N) is 1. The fraction of sp³-hybridized carbons (Fsp3) is 0.640. The molecule has 4 aliphatic carbocycles. The van der Waals surface area contributed by atoms with Crippen molar-refractivity contribution < 1.29 is 14.4 Å². The Balaban J connectivity index is 1.31. The molecule has 0 saturated heterocycles. The second-order valence-corrected chi connectivity index (χ2v) is 10.1. The van der Waals surface area contributed by atoms with Crippen LogP contribution in [0.15, 0.2) is 24.3 Å². The zero-order valence-corrected chi connectivity index (χ0v) is 18.8. The third kappa shape index (κ3) is 4.94. The van der Waals surface area contributed by atoms with Gasteiger partial charge in [0.25, 0.3) is 0 Å². The van der Waals surface area contributed by atoms with E-state index in [-0.39, 0.29) is 36.2 Å². The zero-order valence-electron chi connectivity index (χ0n) is 18.8. The van der Waals surface area contributed by atoms with Crippen LogP contribution in [-0.2, 0) is 14.4 Å².